The molecule has 26 heavy (non-hydrogen) atoms. The summed E-state index contributed by atoms with van der Waals surface area (Å²) in [6.45, 7) is 0. The molecule has 2 aromatic carbocycles. The third kappa shape index (κ3) is 4.92. The van der Waals surface area contributed by atoms with Gasteiger partial charge in [0.1, 0.15) is 23.0 Å². The Hall–Kier alpha value is -2.67. The van der Waals surface area contributed by atoms with Crippen molar-refractivity contribution in [1.29, 1.82) is 0 Å². The van der Waals surface area contributed by atoms with Gasteiger partial charge in [-0.15, -0.1) is 0 Å². The lowest BCUT2D eigenvalue weighted by Gasteiger charge is -2.12. The standard InChI is InChI=1S/C19H21O6S/c1-22-15-7-5-14(6-8-15)13-26(20,21)10-9-17-18(24-3)11-16(23-2)12-19(17)25-4/h5-7,9-12H,13H2,1-4H3/b10-9+. The maximum atomic E-state index is 12.4. The Morgan fingerprint density at radius 1 is 0.962 bits per heavy atom. The highest BCUT2D eigenvalue weighted by atomic mass is 32.2. The van der Waals surface area contributed by atoms with Gasteiger partial charge >= 0.3 is 0 Å². The first kappa shape index (κ1) is 19.7. The molecular weight excluding hydrogens is 356 g/mol. The Morgan fingerprint density at radius 2 is 1.62 bits per heavy atom. The third-order valence-electron chi connectivity index (χ3n) is 3.63. The summed E-state index contributed by atoms with van der Waals surface area (Å²) >= 11 is 0. The van der Waals surface area contributed by atoms with Crippen LogP contribution in [0.3, 0.4) is 0 Å². The van der Waals surface area contributed by atoms with E-state index in [0.29, 0.717) is 34.1 Å². The van der Waals surface area contributed by atoms with Gasteiger partial charge in [-0.05, 0) is 23.8 Å². The van der Waals surface area contributed by atoms with Crippen LogP contribution in [0.4, 0.5) is 0 Å². The number of rotatable bonds is 8. The number of benzene rings is 2. The van der Waals surface area contributed by atoms with E-state index in [1.165, 1.54) is 34.5 Å². The average Bonchev–Trinajstić information content (AvgIpc) is 2.65. The zero-order valence-corrected chi connectivity index (χ0v) is 15.9. The van der Waals surface area contributed by atoms with Crippen molar-refractivity contribution in [3.63, 3.8) is 0 Å². The molecule has 0 amide bonds. The Kier molecular flexibility index (Phi) is 6.52. The van der Waals surface area contributed by atoms with E-state index in [1.54, 1.807) is 30.3 Å². The first-order valence-corrected chi connectivity index (χ1v) is 9.39. The van der Waals surface area contributed by atoms with Gasteiger partial charge in [0.05, 0.1) is 39.8 Å². The van der Waals surface area contributed by atoms with E-state index in [1.807, 2.05) is 0 Å². The second-order valence-corrected chi connectivity index (χ2v) is 7.21. The van der Waals surface area contributed by atoms with Crippen LogP contribution < -0.4 is 18.9 Å². The molecule has 2 rings (SSSR count). The molecule has 0 N–H and O–H groups in total. The molecule has 0 aliphatic heterocycles. The number of hydrogen-bond acceptors (Lipinski definition) is 6. The minimum atomic E-state index is -3.50. The Bertz CT molecular complexity index is 844. The molecule has 0 aliphatic carbocycles. The summed E-state index contributed by atoms with van der Waals surface area (Å²) in [6.07, 6.45) is 1.46. The van der Waals surface area contributed by atoms with E-state index in [9.17, 15) is 8.42 Å². The van der Waals surface area contributed by atoms with Crippen molar-refractivity contribution >= 4 is 15.9 Å². The molecular formula is C19H21O6S. The summed E-state index contributed by atoms with van der Waals surface area (Å²) in [7, 11) is 2.54. The van der Waals surface area contributed by atoms with Crippen molar-refractivity contribution in [3.8, 4) is 23.0 Å². The van der Waals surface area contributed by atoms with Crippen molar-refractivity contribution in [2.24, 2.45) is 0 Å². The van der Waals surface area contributed by atoms with E-state index in [2.05, 4.69) is 6.07 Å². The molecule has 6 nitrogen and oxygen atoms in total. The van der Waals surface area contributed by atoms with Crippen molar-refractivity contribution in [2.45, 2.75) is 5.75 Å². The zero-order valence-electron chi connectivity index (χ0n) is 15.1. The molecule has 1 radical (unpaired) electrons. The maximum absolute atomic E-state index is 12.4. The Morgan fingerprint density at radius 3 is 2.08 bits per heavy atom. The van der Waals surface area contributed by atoms with Crippen LogP contribution in [-0.2, 0) is 15.6 Å². The summed E-state index contributed by atoms with van der Waals surface area (Å²) in [5, 5.41) is 1.14. The average molecular weight is 377 g/mol. The van der Waals surface area contributed by atoms with Crippen LogP contribution in [0.1, 0.15) is 11.1 Å². The molecule has 7 heteroatoms. The van der Waals surface area contributed by atoms with E-state index < -0.39 is 9.84 Å². The van der Waals surface area contributed by atoms with Gasteiger partial charge in [0.25, 0.3) is 0 Å². The van der Waals surface area contributed by atoms with Gasteiger partial charge in [0.15, 0.2) is 9.84 Å². The van der Waals surface area contributed by atoms with Gasteiger partial charge in [-0.25, -0.2) is 8.42 Å². The van der Waals surface area contributed by atoms with E-state index >= 15 is 0 Å². The zero-order chi connectivity index (χ0) is 19.2. The highest BCUT2D eigenvalue weighted by Gasteiger charge is 2.13. The molecule has 0 fully saturated rings. The van der Waals surface area contributed by atoms with Crippen molar-refractivity contribution < 1.29 is 27.4 Å². The summed E-state index contributed by atoms with van der Waals surface area (Å²) < 4.78 is 45.7. The highest BCUT2D eigenvalue weighted by Crippen LogP contribution is 2.35. The fourth-order valence-electron chi connectivity index (χ4n) is 2.31. The van der Waals surface area contributed by atoms with Crippen LogP contribution in [0.5, 0.6) is 23.0 Å². The second-order valence-electron chi connectivity index (χ2n) is 5.32. The molecule has 0 unspecified atom stereocenters. The number of sulfone groups is 1. The molecule has 0 heterocycles. The summed E-state index contributed by atoms with van der Waals surface area (Å²) in [6, 6.07) is 11.1. The fraction of sp³-hybridized carbons (Fsp3) is 0.263. The van der Waals surface area contributed by atoms with E-state index in [4.69, 9.17) is 18.9 Å². The van der Waals surface area contributed by atoms with Gasteiger partial charge in [-0.2, -0.15) is 0 Å². The lowest BCUT2D eigenvalue weighted by atomic mass is 10.1. The molecule has 139 valence electrons. The predicted octanol–water partition coefficient (Wildman–Crippen LogP) is 3.11. The normalized spacial score (nSPS) is 11.4. The second kappa shape index (κ2) is 8.62. The maximum Gasteiger partial charge on any atom is 0.175 e. The monoisotopic (exact) mass is 377 g/mol. The molecule has 0 bridgehead atoms. The molecule has 0 saturated carbocycles. The first-order valence-electron chi connectivity index (χ1n) is 7.68. The molecule has 2 aromatic rings. The van der Waals surface area contributed by atoms with Gasteiger partial charge in [0, 0.05) is 23.6 Å². The van der Waals surface area contributed by atoms with E-state index in [-0.39, 0.29) is 5.75 Å². The highest BCUT2D eigenvalue weighted by molar-refractivity contribution is 7.93. The summed E-state index contributed by atoms with van der Waals surface area (Å²) in [4.78, 5) is 0. The van der Waals surface area contributed by atoms with E-state index in [0.717, 1.165) is 5.41 Å². The predicted molar refractivity (Wildman–Crippen MR) is 99.6 cm³/mol. The van der Waals surface area contributed by atoms with Crippen LogP contribution >= 0.6 is 0 Å². The lowest BCUT2D eigenvalue weighted by Crippen LogP contribution is -2.01. The largest absolute Gasteiger partial charge is 0.496 e. The van der Waals surface area contributed by atoms with Gasteiger partial charge in [0.2, 0.25) is 0 Å². The third-order valence-corrected chi connectivity index (χ3v) is 4.92. The quantitative estimate of drug-likeness (QED) is 0.704. The van der Waals surface area contributed by atoms with Crippen LogP contribution in [-0.4, -0.2) is 36.9 Å². The number of hydrogen-bond donors (Lipinski definition) is 0. The molecule has 0 atom stereocenters. The first-order chi connectivity index (χ1) is 12.4. The minimum absolute atomic E-state index is 0.148. The lowest BCUT2D eigenvalue weighted by molar-refractivity contribution is 0.374. The molecule has 0 aliphatic rings. The van der Waals surface area contributed by atoms with Crippen molar-refractivity contribution in [3.05, 3.63) is 52.9 Å². The van der Waals surface area contributed by atoms with Crippen LogP contribution in [0, 0.1) is 6.07 Å². The smallest absolute Gasteiger partial charge is 0.175 e. The minimum Gasteiger partial charge on any atom is -0.496 e. The molecule has 0 saturated heterocycles. The fourth-order valence-corrected chi connectivity index (χ4v) is 3.39. The topological polar surface area (TPSA) is 71.1 Å². The Labute approximate surface area is 153 Å². The van der Waals surface area contributed by atoms with Crippen molar-refractivity contribution in [1.82, 2.24) is 0 Å². The van der Waals surface area contributed by atoms with Crippen LogP contribution in [0.15, 0.2) is 35.7 Å². The molecule has 0 aromatic heterocycles. The number of methoxy groups -OCH3 is 4. The van der Waals surface area contributed by atoms with Gasteiger partial charge < -0.3 is 18.9 Å². The van der Waals surface area contributed by atoms with Gasteiger partial charge in [-0.1, -0.05) is 6.07 Å². The Balaban J connectivity index is 2.29. The summed E-state index contributed by atoms with van der Waals surface area (Å²) in [5.74, 6) is 1.85. The number of ether oxygens (including phenoxy) is 4. The van der Waals surface area contributed by atoms with Crippen LogP contribution in [0.25, 0.3) is 6.08 Å². The van der Waals surface area contributed by atoms with Crippen LogP contribution in [0.2, 0.25) is 0 Å². The van der Waals surface area contributed by atoms with Crippen molar-refractivity contribution in [2.75, 3.05) is 28.4 Å². The van der Waals surface area contributed by atoms with Gasteiger partial charge in [-0.3, -0.25) is 0 Å². The summed E-state index contributed by atoms with van der Waals surface area (Å²) in [5.41, 5.74) is 1.13. The SMILES string of the molecule is COc1[c]cc(CS(=O)(=O)/C=C/c2c(OC)cc(OC)cc2OC)cc1. The molecule has 0 spiro atoms.